The Morgan fingerprint density at radius 3 is 1.42 bits per heavy atom. The molecule has 168 valence electrons. The van der Waals surface area contributed by atoms with Crippen molar-refractivity contribution < 1.29 is 27.9 Å². The van der Waals surface area contributed by atoms with Crippen LogP contribution in [0.5, 0.6) is 0 Å². The van der Waals surface area contributed by atoms with Crippen LogP contribution in [0.1, 0.15) is 45.5 Å². The predicted octanol–water partition coefficient (Wildman–Crippen LogP) is 4.89. The Hall–Kier alpha value is -1.85. The van der Waals surface area contributed by atoms with Crippen LogP contribution in [0.15, 0.2) is 72.8 Å². The van der Waals surface area contributed by atoms with E-state index in [0.29, 0.717) is 0 Å². The Bertz CT molecular complexity index is 1010. The molecular formula is C25H32N2O2RuS. The van der Waals surface area contributed by atoms with E-state index in [1.54, 1.807) is 0 Å². The van der Waals surface area contributed by atoms with Gasteiger partial charge in [-0.25, -0.2) is 13.1 Å². The van der Waals surface area contributed by atoms with Crippen molar-refractivity contribution >= 4 is 10.0 Å². The predicted molar refractivity (Wildman–Crippen MR) is 126 cm³/mol. The second-order valence-corrected chi connectivity index (χ2v) is 9.52. The fourth-order valence-electron chi connectivity index (χ4n) is 3.21. The molecule has 3 rings (SSSR count). The molecule has 3 aromatic rings. The van der Waals surface area contributed by atoms with Crippen molar-refractivity contribution in [2.24, 2.45) is 5.73 Å². The number of nitrogens with one attached hydrogen (secondary N) is 1. The van der Waals surface area contributed by atoms with Gasteiger partial charge >= 0.3 is 0 Å². The molecule has 4 nitrogen and oxygen atoms in total. The van der Waals surface area contributed by atoms with Gasteiger partial charge in [0.05, 0.1) is 18.3 Å². The first-order valence-electron chi connectivity index (χ1n) is 9.95. The number of nitrogens with two attached hydrogens (primary N) is 1. The van der Waals surface area contributed by atoms with Crippen LogP contribution >= 0.6 is 0 Å². The minimum atomic E-state index is -3.35. The fourth-order valence-corrected chi connectivity index (χ4v) is 3.96. The van der Waals surface area contributed by atoms with E-state index in [4.69, 9.17) is 5.73 Å². The van der Waals surface area contributed by atoms with Gasteiger partial charge in [-0.3, -0.25) is 0 Å². The molecule has 0 aliphatic heterocycles. The zero-order valence-corrected chi connectivity index (χ0v) is 21.3. The summed E-state index contributed by atoms with van der Waals surface area (Å²) >= 11 is 0. The monoisotopic (exact) mass is 526 g/mol. The van der Waals surface area contributed by atoms with Crippen LogP contribution in [0.25, 0.3) is 0 Å². The Morgan fingerprint density at radius 2 is 1.06 bits per heavy atom. The van der Waals surface area contributed by atoms with Crippen molar-refractivity contribution in [3.63, 3.8) is 0 Å². The molecule has 0 spiro atoms. The summed E-state index contributed by atoms with van der Waals surface area (Å²) in [6.45, 7) is 8.62. The minimum absolute atomic E-state index is 0. The molecule has 0 unspecified atom stereocenters. The number of sulfonamides is 1. The average molecular weight is 526 g/mol. The molecule has 0 aliphatic carbocycles. The summed E-state index contributed by atoms with van der Waals surface area (Å²) in [6, 6.07) is 22.3. The largest absolute Gasteiger partial charge is 0.322 e. The molecule has 0 aromatic heterocycles. The van der Waals surface area contributed by atoms with Gasteiger partial charge in [0, 0.05) is 19.5 Å². The van der Waals surface area contributed by atoms with E-state index >= 15 is 0 Å². The molecule has 0 saturated heterocycles. The Balaban J connectivity index is 0.000000370. The third kappa shape index (κ3) is 8.66. The number of aryl methyl sites for hydroxylation is 4. The molecule has 6 heteroatoms. The molecule has 0 bridgehead atoms. The molecule has 3 aromatic carbocycles. The van der Waals surface area contributed by atoms with Crippen molar-refractivity contribution in [1.82, 2.24) is 4.72 Å². The molecule has 0 saturated carbocycles. The molecule has 0 heterocycles. The maximum atomic E-state index is 11.6. The summed E-state index contributed by atoms with van der Waals surface area (Å²) < 4.78 is 25.8. The zero-order valence-electron chi connectivity index (χ0n) is 18.7. The van der Waals surface area contributed by atoms with Gasteiger partial charge in [0.25, 0.3) is 0 Å². The van der Waals surface area contributed by atoms with E-state index in [1.165, 1.54) is 22.3 Å². The molecular weight excluding hydrogens is 493 g/mol. The Morgan fingerprint density at radius 1 is 0.710 bits per heavy atom. The normalized spacial score (nSPS) is 12.7. The van der Waals surface area contributed by atoms with Crippen molar-refractivity contribution in [3.8, 4) is 0 Å². The summed E-state index contributed by atoms with van der Waals surface area (Å²) in [5.41, 5.74) is 13.5. The molecule has 2 atom stereocenters. The first-order valence-corrected chi connectivity index (χ1v) is 11.8. The molecule has 3 N–H and O–H groups in total. The summed E-state index contributed by atoms with van der Waals surface area (Å²) in [7, 11) is -3.35. The number of hydrogen-bond acceptors (Lipinski definition) is 3. The maximum absolute atomic E-state index is 11.6. The fraction of sp³-hybridized carbons (Fsp3) is 0.280. The van der Waals surface area contributed by atoms with E-state index in [1.807, 2.05) is 60.7 Å². The maximum Gasteiger partial charge on any atom is 0.209 e. The summed E-state index contributed by atoms with van der Waals surface area (Å²) in [4.78, 5) is 0. The van der Waals surface area contributed by atoms with Crippen molar-refractivity contribution in [2.75, 3.05) is 6.26 Å². The van der Waals surface area contributed by atoms with E-state index < -0.39 is 22.1 Å². The van der Waals surface area contributed by atoms with Crippen molar-refractivity contribution in [2.45, 2.75) is 39.8 Å². The van der Waals surface area contributed by atoms with Gasteiger partial charge in [0.15, 0.2) is 0 Å². The van der Waals surface area contributed by atoms with Gasteiger partial charge in [-0.2, -0.15) is 0 Å². The quantitative estimate of drug-likeness (QED) is 0.466. The molecule has 0 amide bonds. The van der Waals surface area contributed by atoms with E-state index in [0.717, 1.165) is 17.4 Å². The van der Waals surface area contributed by atoms with Gasteiger partial charge < -0.3 is 5.73 Å². The van der Waals surface area contributed by atoms with Crippen molar-refractivity contribution in [3.05, 3.63) is 106 Å². The second-order valence-electron chi connectivity index (χ2n) is 7.74. The van der Waals surface area contributed by atoms with E-state index in [2.05, 4.69) is 44.5 Å². The summed E-state index contributed by atoms with van der Waals surface area (Å²) in [5, 5.41) is 0. The summed E-state index contributed by atoms with van der Waals surface area (Å²) in [6.07, 6.45) is 1.14. The summed E-state index contributed by atoms with van der Waals surface area (Å²) in [5.74, 6) is 0. The van der Waals surface area contributed by atoms with Crippen LogP contribution in [0.3, 0.4) is 0 Å². The van der Waals surface area contributed by atoms with Crippen LogP contribution in [-0.4, -0.2) is 14.7 Å². The average Bonchev–Trinajstić information content (AvgIpc) is 2.71. The van der Waals surface area contributed by atoms with Crippen LogP contribution in [0, 0.1) is 27.7 Å². The number of rotatable bonds is 5. The molecule has 0 aliphatic rings. The van der Waals surface area contributed by atoms with E-state index in [-0.39, 0.29) is 19.5 Å². The first-order chi connectivity index (χ1) is 14.1. The zero-order chi connectivity index (χ0) is 22.3. The van der Waals surface area contributed by atoms with E-state index in [9.17, 15) is 8.42 Å². The first kappa shape index (κ1) is 27.2. The van der Waals surface area contributed by atoms with Crippen molar-refractivity contribution in [1.29, 1.82) is 0 Å². The van der Waals surface area contributed by atoms with Gasteiger partial charge in [0.2, 0.25) is 10.0 Å². The van der Waals surface area contributed by atoms with Gasteiger partial charge in [-0.1, -0.05) is 72.8 Å². The van der Waals surface area contributed by atoms with Crippen LogP contribution < -0.4 is 10.5 Å². The third-order valence-electron chi connectivity index (χ3n) is 5.15. The Kier molecular flexibility index (Phi) is 10.7. The molecule has 31 heavy (non-hydrogen) atoms. The van der Waals surface area contributed by atoms with Gasteiger partial charge in [0.1, 0.15) is 0 Å². The Labute approximate surface area is 200 Å². The second kappa shape index (κ2) is 12.3. The van der Waals surface area contributed by atoms with Crippen LogP contribution in [0.2, 0.25) is 0 Å². The third-order valence-corrected chi connectivity index (χ3v) is 5.84. The molecule has 0 radical (unpaired) electrons. The minimum Gasteiger partial charge on any atom is -0.322 e. The number of benzene rings is 3. The van der Waals surface area contributed by atoms with Crippen LogP contribution in [-0.2, 0) is 29.5 Å². The standard InChI is InChI=1S/C15H18N2O2S.C10H14.Ru/c1-20(18,19)17-15(13-10-6-3-7-11-13)14(16)12-8-4-2-5-9-12;1-7-5-9(3)10(4)6-8(7)2;/h2-11,14-15,17H,16H2,1H3;5-6H,1-4H3;/t14-,15-;;/m0../s1. The molecule has 0 fully saturated rings. The van der Waals surface area contributed by atoms with Gasteiger partial charge in [-0.05, 0) is 61.1 Å². The smallest absolute Gasteiger partial charge is 0.209 e. The SMILES string of the molecule is CS(=O)(=O)N[C@@H](c1ccccc1)[C@@H](N)c1ccccc1.Cc1cc(C)c(C)cc1C.[Ru]. The topological polar surface area (TPSA) is 72.2 Å². The van der Waals surface area contributed by atoms with Crippen LogP contribution in [0.4, 0.5) is 0 Å². The van der Waals surface area contributed by atoms with Gasteiger partial charge in [-0.15, -0.1) is 0 Å². The number of hydrogen-bond donors (Lipinski definition) is 2.